The van der Waals surface area contributed by atoms with Crippen LogP contribution in [0, 0.1) is 0 Å². The van der Waals surface area contributed by atoms with Gasteiger partial charge in [-0.2, -0.15) is 0 Å². The lowest BCUT2D eigenvalue weighted by molar-refractivity contribution is 0.0520. The zero-order chi connectivity index (χ0) is 15.2. The van der Waals surface area contributed by atoms with Crippen LogP contribution < -0.4 is 5.32 Å². The number of anilines is 1. The Morgan fingerprint density at radius 2 is 2.10 bits per heavy atom. The second-order valence-electron chi connectivity index (χ2n) is 4.39. The molecule has 7 nitrogen and oxygen atoms in total. The minimum absolute atomic E-state index is 0.0619. The maximum Gasteiger partial charge on any atom is 0.358 e. The van der Waals surface area contributed by atoms with Crippen molar-refractivity contribution < 1.29 is 18.6 Å². The smallest absolute Gasteiger partial charge is 0.358 e. The predicted molar refractivity (Wildman–Crippen MR) is 80.5 cm³/mol. The van der Waals surface area contributed by atoms with Gasteiger partial charge < -0.3 is 23.7 Å². The van der Waals surface area contributed by atoms with E-state index in [1.165, 1.54) is 0 Å². The highest BCUT2D eigenvalue weighted by molar-refractivity contribution is 7.47. The van der Waals surface area contributed by atoms with E-state index in [1.807, 2.05) is 18.4 Å². The van der Waals surface area contributed by atoms with Gasteiger partial charge in [-0.05, 0) is 27.2 Å². The molecular weight excluding hydrogens is 293 g/mol. The number of nitrogens with zero attached hydrogens (tertiary/aromatic N) is 2. The molecule has 2 rings (SSSR count). The van der Waals surface area contributed by atoms with Crippen LogP contribution in [0.3, 0.4) is 0 Å². The van der Waals surface area contributed by atoms with E-state index in [9.17, 15) is 4.79 Å². The molecule has 1 atom stereocenters. The molecule has 1 aliphatic heterocycles. The quantitative estimate of drug-likeness (QED) is 0.616. The molecule has 1 unspecified atom stereocenters. The summed E-state index contributed by atoms with van der Waals surface area (Å²) in [6.07, 6.45) is 2.59. The normalized spacial score (nSPS) is 17.4. The zero-order valence-electron chi connectivity index (χ0n) is 12.7. The monoisotopic (exact) mass is 315 g/mol. The van der Waals surface area contributed by atoms with E-state index in [-0.39, 0.29) is 5.78 Å². The molecule has 0 aliphatic carbocycles. The van der Waals surface area contributed by atoms with Gasteiger partial charge in [-0.15, -0.1) is 0 Å². The summed E-state index contributed by atoms with van der Waals surface area (Å²) in [5.74, 6) is 0.324. The highest BCUT2D eigenvalue weighted by Gasteiger charge is 2.31. The van der Waals surface area contributed by atoms with E-state index >= 15 is 0 Å². The molecule has 21 heavy (non-hydrogen) atoms. The van der Waals surface area contributed by atoms with E-state index in [2.05, 4.69) is 10.3 Å². The van der Waals surface area contributed by atoms with Crippen molar-refractivity contribution in [3.8, 4) is 0 Å². The van der Waals surface area contributed by atoms with Crippen LogP contribution in [0.1, 0.15) is 43.5 Å². The summed E-state index contributed by atoms with van der Waals surface area (Å²) in [6, 6.07) is 0. The van der Waals surface area contributed by atoms with E-state index in [4.69, 9.17) is 13.8 Å². The zero-order valence-corrected chi connectivity index (χ0v) is 13.6. The number of imidazole rings is 1. The lowest BCUT2D eigenvalue weighted by Gasteiger charge is -2.31. The first-order chi connectivity index (χ1) is 10.2. The average molecular weight is 315 g/mol. The van der Waals surface area contributed by atoms with Crippen molar-refractivity contribution in [2.24, 2.45) is 0 Å². The van der Waals surface area contributed by atoms with Crippen LogP contribution in [0.4, 0.5) is 5.95 Å². The van der Waals surface area contributed by atoms with Gasteiger partial charge >= 0.3 is 5.97 Å². The largest absolute Gasteiger partial charge is 0.461 e. The molecule has 0 spiro atoms. The first-order valence-corrected chi connectivity index (χ1v) is 8.50. The predicted octanol–water partition coefficient (Wildman–Crippen LogP) is 2.76. The van der Waals surface area contributed by atoms with Gasteiger partial charge in [0.15, 0.2) is 14.1 Å². The SMILES string of the molecule is CCOC(=O)c1cn2c(n1)NCCC2P(OCC)OCC. The Labute approximate surface area is 125 Å². The molecule has 2 heterocycles. The molecular formula is C13H22N3O4P. The molecule has 0 saturated heterocycles. The number of nitrogens with one attached hydrogen (secondary N) is 1. The van der Waals surface area contributed by atoms with Crippen molar-refractivity contribution >= 4 is 20.3 Å². The van der Waals surface area contributed by atoms with Gasteiger partial charge in [0.25, 0.3) is 0 Å². The minimum Gasteiger partial charge on any atom is -0.461 e. The van der Waals surface area contributed by atoms with Crippen molar-refractivity contribution in [1.29, 1.82) is 0 Å². The number of rotatable bonds is 7. The van der Waals surface area contributed by atoms with Gasteiger partial charge in [0, 0.05) is 12.7 Å². The third kappa shape index (κ3) is 3.73. The molecule has 0 bridgehead atoms. The number of aromatic nitrogens is 2. The minimum atomic E-state index is -1.05. The summed E-state index contributed by atoms with van der Waals surface area (Å²) in [5.41, 5.74) is 0.314. The van der Waals surface area contributed by atoms with Crippen LogP contribution in [-0.2, 0) is 13.8 Å². The summed E-state index contributed by atoms with van der Waals surface area (Å²) < 4.78 is 18.4. The Morgan fingerprint density at radius 1 is 1.38 bits per heavy atom. The maximum atomic E-state index is 11.8. The fourth-order valence-corrected chi connectivity index (χ4v) is 3.82. The Hall–Kier alpha value is -1.17. The highest BCUT2D eigenvalue weighted by Crippen LogP contribution is 2.53. The molecule has 0 amide bonds. The van der Waals surface area contributed by atoms with Crippen LogP contribution in [0.2, 0.25) is 0 Å². The topological polar surface area (TPSA) is 74.6 Å². The summed E-state index contributed by atoms with van der Waals surface area (Å²) in [5, 5.41) is 3.19. The number of carbonyl (C=O) groups is 1. The second-order valence-corrected chi connectivity index (χ2v) is 6.08. The van der Waals surface area contributed by atoms with E-state index in [1.54, 1.807) is 13.1 Å². The third-order valence-corrected chi connectivity index (χ3v) is 5.00. The number of hydrogen-bond donors (Lipinski definition) is 1. The standard InChI is InChI=1S/C13H22N3O4P/c1-4-18-12(17)10-9-16-11(7-8-14-13(16)15-10)21(19-5-2)20-6-3/h9,11H,4-8H2,1-3H3,(H,14,15). The van der Waals surface area contributed by atoms with Crippen LogP contribution >= 0.6 is 8.38 Å². The lowest BCUT2D eigenvalue weighted by Crippen LogP contribution is -2.22. The number of ether oxygens (including phenoxy) is 1. The molecule has 0 fully saturated rings. The molecule has 8 heteroatoms. The van der Waals surface area contributed by atoms with Gasteiger partial charge in [-0.3, -0.25) is 0 Å². The Kier molecular flexibility index (Phi) is 5.96. The Morgan fingerprint density at radius 3 is 2.71 bits per heavy atom. The fourth-order valence-electron chi connectivity index (χ4n) is 2.18. The first-order valence-electron chi connectivity index (χ1n) is 7.26. The van der Waals surface area contributed by atoms with Crippen LogP contribution in [-0.4, -0.2) is 41.9 Å². The Balaban J connectivity index is 2.23. The summed E-state index contributed by atoms with van der Waals surface area (Å²) in [7, 11) is -1.05. The molecule has 0 aromatic carbocycles. The van der Waals surface area contributed by atoms with Gasteiger partial charge in [-0.1, -0.05) is 0 Å². The van der Waals surface area contributed by atoms with Crippen LogP contribution in [0.5, 0.6) is 0 Å². The van der Waals surface area contributed by atoms with Crippen molar-refractivity contribution in [3.05, 3.63) is 11.9 Å². The molecule has 1 N–H and O–H groups in total. The van der Waals surface area contributed by atoms with Gasteiger partial charge in [0.2, 0.25) is 5.95 Å². The Bertz CT molecular complexity index is 474. The molecule has 0 saturated carbocycles. The van der Waals surface area contributed by atoms with E-state index < -0.39 is 14.3 Å². The van der Waals surface area contributed by atoms with E-state index in [0.717, 1.165) is 13.0 Å². The van der Waals surface area contributed by atoms with Gasteiger partial charge in [0.05, 0.1) is 19.8 Å². The summed E-state index contributed by atoms with van der Waals surface area (Å²) >= 11 is 0. The fraction of sp³-hybridized carbons (Fsp3) is 0.692. The number of esters is 1. The van der Waals surface area contributed by atoms with Crippen LogP contribution in [0.25, 0.3) is 0 Å². The summed E-state index contributed by atoms with van der Waals surface area (Å²) in [6.45, 7) is 8.00. The van der Waals surface area contributed by atoms with Crippen molar-refractivity contribution in [2.75, 3.05) is 31.7 Å². The second kappa shape index (κ2) is 7.73. The first kappa shape index (κ1) is 16.2. The highest BCUT2D eigenvalue weighted by atomic mass is 31.2. The van der Waals surface area contributed by atoms with Crippen molar-refractivity contribution in [1.82, 2.24) is 9.55 Å². The summed E-state index contributed by atoms with van der Waals surface area (Å²) in [4.78, 5) is 16.1. The van der Waals surface area contributed by atoms with E-state index in [0.29, 0.717) is 31.5 Å². The number of carbonyl (C=O) groups excluding carboxylic acids is 1. The number of fused-ring (bicyclic) bond motifs is 1. The average Bonchev–Trinajstić information content (AvgIpc) is 2.91. The lowest BCUT2D eigenvalue weighted by atomic mass is 10.3. The van der Waals surface area contributed by atoms with Crippen molar-refractivity contribution in [3.63, 3.8) is 0 Å². The molecule has 118 valence electrons. The van der Waals surface area contributed by atoms with Gasteiger partial charge in [-0.25, -0.2) is 9.78 Å². The number of hydrogen-bond acceptors (Lipinski definition) is 6. The molecule has 1 aromatic rings. The molecule has 0 radical (unpaired) electrons. The van der Waals surface area contributed by atoms with Crippen molar-refractivity contribution in [2.45, 2.75) is 33.0 Å². The maximum absolute atomic E-state index is 11.8. The van der Waals surface area contributed by atoms with Crippen LogP contribution in [0.15, 0.2) is 6.20 Å². The molecule has 1 aromatic heterocycles. The van der Waals surface area contributed by atoms with Gasteiger partial charge in [0.1, 0.15) is 5.78 Å². The third-order valence-electron chi connectivity index (χ3n) is 2.98. The molecule has 1 aliphatic rings.